The minimum absolute atomic E-state index is 0.0441. The number of ether oxygens (including phenoxy) is 1. The lowest BCUT2D eigenvalue weighted by Crippen LogP contribution is -2.42. The van der Waals surface area contributed by atoms with E-state index in [1.165, 1.54) is 0 Å². The van der Waals surface area contributed by atoms with E-state index < -0.39 is 0 Å². The van der Waals surface area contributed by atoms with Gasteiger partial charge >= 0.3 is 0 Å². The topological polar surface area (TPSA) is 58.6 Å². The molecule has 1 rings (SSSR count). The van der Waals surface area contributed by atoms with Crippen molar-refractivity contribution in [2.24, 2.45) is 11.8 Å². The summed E-state index contributed by atoms with van der Waals surface area (Å²) in [5.74, 6) is 0.381. The Balaban J connectivity index is 2.12. The summed E-state index contributed by atoms with van der Waals surface area (Å²) in [6.45, 7) is 11.4. The molecule has 5 heteroatoms. The summed E-state index contributed by atoms with van der Waals surface area (Å²) < 4.78 is 5.68. The number of rotatable bonds is 8. The summed E-state index contributed by atoms with van der Waals surface area (Å²) in [5, 5.41) is 2.94. The van der Waals surface area contributed by atoms with Gasteiger partial charge in [-0.05, 0) is 12.8 Å². The number of nitrogens with zero attached hydrogens (tertiary/aromatic N) is 1. The van der Waals surface area contributed by atoms with Gasteiger partial charge in [-0.15, -0.1) is 0 Å². The second-order valence-corrected chi connectivity index (χ2v) is 6.42. The van der Waals surface area contributed by atoms with E-state index in [4.69, 9.17) is 4.74 Å². The number of ketones is 1. The van der Waals surface area contributed by atoms with Crippen LogP contribution in [0.5, 0.6) is 0 Å². The molecule has 0 aliphatic carbocycles. The van der Waals surface area contributed by atoms with Crippen LogP contribution in [0.3, 0.4) is 0 Å². The molecule has 0 saturated carbocycles. The molecule has 0 atom stereocenters. The predicted molar refractivity (Wildman–Crippen MR) is 83.1 cm³/mol. The van der Waals surface area contributed by atoms with E-state index in [9.17, 15) is 9.59 Å². The Morgan fingerprint density at radius 2 is 1.76 bits per heavy atom. The van der Waals surface area contributed by atoms with Gasteiger partial charge in [0.2, 0.25) is 5.91 Å². The summed E-state index contributed by atoms with van der Waals surface area (Å²) in [7, 11) is 0. The third-order valence-electron chi connectivity index (χ3n) is 3.89. The molecule has 0 unspecified atom stereocenters. The van der Waals surface area contributed by atoms with Gasteiger partial charge in [-0.1, -0.05) is 27.7 Å². The van der Waals surface area contributed by atoms with Crippen LogP contribution in [0.15, 0.2) is 0 Å². The monoisotopic (exact) mass is 298 g/mol. The van der Waals surface area contributed by atoms with E-state index in [0.717, 1.165) is 32.5 Å². The molecule has 0 aromatic rings. The van der Waals surface area contributed by atoms with Crippen LogP contribution in [-0.2, 0) is 14.3 Å². The van der Waals surface area contributed by atoms with Crippen molar-refractivity contribution in [2.75, 3.05) is 32.8 Å². The number of piperidine rings is 1. The number of hydrogen-bond donors (Lipinski definition) is 1. The standard InChI is InChI=1S/C16H30N2O3/c1-12(2)15(19)11-21-14-5-8-18(9-6-14)10-7-17-16(20)13(3)4/h12-14H,5-11H2,1-4H3,(H,17,20). The molecule has 0 aromatic carbocycles. The third-order valence-corrected chi connectivity index (χ3v) is 3.89. The maximum absolute atomic E-state index is 11.5. The molecule has 0 spiro atoms. The van der Waals surface area contributed by atoms with Crippen molar-refractivity contribution in [3.63, 3.8) is 0 Å². The van der Waals surface area contributed by atoms with Crippen LogP contribution in [0, 0.1) is 11.8 Å². The van der Waals surface area contributed by atoms with E-state index in [2.05, 4.69) is 10.2 Å². The normalized spacial score (nSPS) is 17.4. The molecule has 5 nitrogen and oxygen atoms in total. The lowest BCUT2D eigenvalue weighted by Gasteiger charge is -2.31. The van der Waals surface area contributed by atoms with Gasteiger partial charge in [-0.3, -0.25) is 9.59 Å². The number of amides is 1. The fourth-order valence-corrected chi connectivity index (χ4v) is 2.21. The third kappa shape index (κ3) is 7.05. The average molecular weight is 298 g/mol. The van der Waals surface area contributed by atoms with Crippen LogP contribution in [0.25, 0.3) is 0 Å². The van der Waals surface area contributed by atoms with Gasteiger partial charge in [0.05, 0.1) is 6.10 Å². The first-order chi connectivity index (χ1) is 9.90. The van der Waals surface area contributed by atoms with Gasteiger partial charge in [0.25, 0.3) is 0 Å². The van der Waals surface area contributed by atoms with Crippen molar-refractivity contribution < 1.29 is 14.3 Å². The molecular formula is C16H30N2O3. The SMILES string of the molecule is CC(C)C(=O)COC1CCN(CCNC(=O)C(C)C)CC1. The Morgan fingerprint density at radius 1 is 1.14 bits per heavy atom. The Hall–Kier alpha value is -0.940. The maximum Gasteiger partial charge on any atom is 0.222 e. The molecule has 0 radical (unpaired) electrons. The van der Waals surface area contributed by atoms with Gasteiger partial charge in [0.15, 0.2) is 5.78 Å². The fourth-order valence-electron chi connectivity index (χ4n) is 2.21. The Kier molecular flexibility index (Phi) is 7.89. The number of likely N-dealkylation sites (tertiary alicyclic amines) is 1. The summed E-state index contributed by atoms with van der Waals surface area (Å²) >= 11 is 0. The maximum atomic E-state index is 11.5. The van der Waals surface area contributed by atoms with Crippen molar-refractivity contribution in [1.29, 1.82) is 0 Å². The molecule has 1 heterocycles. The zero-order chi connectivity index (χ0) is 15.8. The second kappa shape index (κ2) is 9.15. The smallest absolute Gasteiger partial charge is 0.222 e. The number of carbonyl (C=O) groups excluding carboxylic acids is 2. The van der Waals surface area contributed by atoms with Crippen molar-refractivity contribution >= 4 is 11.7 Å². The molecule has 0 bridgehead atoms. The molecule has 0 aromatic heterocycles. The number of Topliss-reactive ketones (excluding diaryl/α,β-unsaturated/α-hetero) is 1. The summed E-state index contributed by atoms with van der Waals surface area (Å²) in [4.78, 5) is 25.3. The lowest BCUT2D eigenvalue weighted by molar-refractivity contribution is -0.129. The van der Waals surface area contributed by atoms with Gasteiger partial charge in [-0.2, -0.15) is 0 Å². The lowest BCUT2D eigenvalue weighted by atomic mass is 10.1. The molecule has 1 fully saturated rings. The van der Waals surface area contributed by atoms with Crippen molar-refractivity contribution in [3.05, 3.63) is 0 Å². The molecular weight excluding hydrogens is 268 g/mol. The number of carbonyl (C=O) groups is 2. The van der Waals surface area contributed by atoms with Gasteiger partial charge in [0.1, 0.15) is 6.61 Å². The quantitative estimate of drug-likeness (QED) is 0.737. The first-order valence-corrected chi connectivity index (χ1v) is 8.04. The number of hydrogen-bond acceptors (Lipinski definition) is 4. The minimum Gasteiger partial charge on any atom is -0.370 e. The van der Waals surface area contributed by atoms with Crippen LogP contribution in [0.4, 0.5) is 0 Å². The van der Waals surface area contributed by atoms with Crippen molar-refractivity contribution in [2.45, 2.75) is 46.6 Å². The van der Waals surface area contributed by atoms with Crippen LogP contribution in [0.2, 0.25) is 0 Å². The van der Waals surface area contributed by atoms with Gasteiger partial charge < -0.3 is 15.0 Å². The highest BCUT2D eigenvalue weighted by Crippen LogP contribution is 2.13. The van der Waals surface area contributed by atoms with Crippen LogP contribution in [-0.4, -0.2) is 55.5 Å². The summed E-state index contributed by atoms with van der Waals surface area (Å²) in [6.07, 6.45) is 2.13. The van der Waals surface area contributed by atoms with Crippen molar-refractivity contribution in [3.8, 4) is 0 Å². The fraction of sp³-hybridized carbons (Fsp3) is 0.875. The van der Waals surface area contributed by atoms with E-state index in [1.807, 2.05) is 27.7 Å². The zero-order valence-corrected chi connectivity index (χ0v) is 13.9. The van der Waals surface area contributed by atoms with Crippen LogP contribution >= 0.6 is 0 Å². The summed E-state index contributed by atoms with van der Waals surface area (Å²) in [5.41, 5.74) is 0. The molecule has 1 aliphatic heterocycles. The molecule has 1 saturated heterocycles. The molecule has 1 amide bonds. The average Bonchev–Trinajstić information content (AvgIpc) is 2.45. The van der Waals surface area contributed by atoms with Gasteiger partial charge in [0, 0.05) is 38.0 Å². The van der Waals surface area contributed by atoms with Crippen LogP contribution < -0.4 is 5.32 Å². The Morgan fingerprint density at radius 3 is 2.29 bits per heavy atom. The molecule has 122 valence electrons. The second-order valence-electron chi connectivity index (χ2n) is 6.42. The highest BCUT2D eigenvalue weighted by atomic mass is 16.5. The highest BCUT2D eigenvalue weighted by molar-refractivity contribution is 5.81. The minimum atomic E-state index is 0.0441. The van der Waals surface area contributed by atoms with Crippen LogP contribution in [0.1, 0.15) is 40.5 Å². The molecule has 1 aliphatic rings. The molecule has 1 N–H and O–H groups in total. The van der Waals surface area contributed by atoms with E-state index in [-0.39, 0.29) is 36.2 Å². The van der Waals surface area contributed by atoms with E-state index in [0.29, 0.717) is 6.54 Å². The first-order valence-electron chi connectivity index (χ1n) is 8.04. The van der Waals surface area contributed by atoms with E-state index in [1.54, 1.807) is 0 Å². The van der Waals surface area contributed by atoms with Crippen molar-refractivity contribution in [1.82, 2.24) is 10.2 Å². The number of nitrogens with one attached hydrogen (secondary N) is 1. The predicted octanol–water partition coefficient (Wildman–Crippen LogP) is 1.46. The Labute approximate surface area is 128 Å². The first kappa shape index (κ1) is 18.1. The van der Waals surface area contributed by atoms with Gasteiger partial charge in [-0.25, -0.2) is 0 Å². The highest BCUT2D eigenvalue weighted by Gasteiger charge is 2.20. The Bertz CT molecular complexity index is 334. The largest absolute Gasteiger partial charge is 0.370 e. The summed E-state index contributed by atoms with van der Waals surface area (Å²) in [6, 6.07) is 0. The zero-order valence-electron chi connectivity index (χ0n) is 13.9. The van der Waals surface area contributed by atoms with E-state index >= 15 is 0 Å². The molecule has 21 heavy (non-hydrogen) atoms.